The van der Waals surface area contributed by atoms with E-state index < -0.39 is 0 Å². The molecule has 1 rings (SSSR count). The summed E-state index contributed by atoms with van der Waals surface area (Å²) in [6.45, 7) is 7.15. The van der Waals surface area contributed by atoms with Gasteiger partial charge in [-0.15, -0.1) is 0 Å². The average Bonchev–Trinajstić information content (AvgIpc) is 2.10. The Balaban J connectivity index is 3.13. The van der Waals surface area contributed by atoms with Gasteiger partial charge in [-0.25, -0.2) is 4.39 Å². The zero-order valence-electron chi connectivity index (χ0n) is 7.20. The van der Waals surface area contributed by atoms with Crippen LogP contribution in [0.25, 0.3) is 0 Å². The molecular weight excluding hydrogens is 167 g/mol. The van der Waals surface area contributed by atoms with Crippen LogP contribution in [0.15, 0.2) is 43.8 Å². The molecule has 13 heavy (non-hydrogen) atoms. The van der Waals surface area contributed by atoms with E-state index in [0.717, 1.165) is 0 Å². The lowest BCUT2D eigenvalue weighted by Crippen LogP contribution is -2.08. The molecule has 0 aliphatic heterocycles. The van der Waals surface area contributed by atoms with Gasteiger partial charge in [-0.2, -0.15) is 0 Å². The van der Waals surface area contributed by atoms with E-state index in [1.165, 1.54) is 12.1 Å². The Labute approximate surface area is 76.8 Å². The van der Waals surface area contributed by atoms with E-state index in [2.05, 4.69) is 13.2 Å². The monoisotopic (exact) mass is 178 g/mol. The summed E-state index contributed by atoms with van der Waals surface area (Å²) in [5.41, 5.74) is 6.63. The number of nitrogens with zero attached hydrogens (tertiary/aromatic N) is 1. The minimum absolute atomic E-state index is 0.352. The van der Waals surface area contributed by atoms with Gasteiger partial charge in [0.05, 0.1) is 11.4 Å². The smallest absolute Gasteiger partial charge is 0.125 e. The average molecular weight is 178 g/mol. The Morgan fingerprint density at radius 1 is 1.31 bits per heavy atom. The first-order chi connectivity index (χ1) is 6.19. The zero-order chi connectivity index (χ0) is 9.84. The van der Waals surface area contributed by atoms with Crippen molar-refractivity contribution in [2.45, 2.75) is 0 Å². The Kier molecular flexibility index (Phi) is 2.69. The van der Waals surface area contributed by atoms with Gasteiger partial charge in [0.15, 0.2) is 0 Å². The van der Waals surface area contributed by atoms with Gasteiger partial charge >= 0.3 is 0 Å². The Morgan fingerprint density at radius 3 is 2.38 bits per heavy atom. The zero-order valence-corrected chi connectivity index (χ0v) is 7.20. The highest BCUT2D eigenvalue weighted by Crippen LogP contribution is 2.23. The maximum absolute atomic E-state index is 12.7. The number of halogens is 1. The van der Waals surface area contributed by atoms with Gasteiger partial charge in [0.2, 0.25) is 0 Å². The fraction of sp³-hybridized carbons (Fsp3) is 0. The van der Waals surface area contributed by atoms with Crippen LogP contribution in [0.1, 0.15) is 0 Å². The summed E-state index contributed by atoms with van der Waals surface area (Å²) < 4.78 is 12.7. The predicted octanol–water partition coefficient (Wildman–Crippen LogP) is 2.50. The second-order valence-electron chi connectivity index (χ2n) is 2.48. The highest BCUT2D eigenvalue weighted by atomic mass is 19.1. The molecule has 0 aliphatic carbocycles. The quantitative estimate of drug-likeness (QED) is 0.720. The molecule has 0 saturated carbocycles. The van der Waals surface area contributed by atoms with Crippen molar-refractivity contribution in [3.05, 3.63) is 49.6 Å². The molecule has 1 aromatic rings. The summed E-state index contributed by atoms with van der Waals surface area (Å²) in [5.74, 6) is -0.352. The summed E-state index contributed by atoms with van der Waals surface area (Å²) in [6, 6.07) is 4.18. The van der Waals surface area contributed by atoms with Crippen LogP contribution in [-0.2, 0) is 0 Å². The molecule has 68 valence electrons. The van der Waals surface area contributed by atoms with Crippen molar-refractivity contribution in [3.8, 4) is 0 Å². The van der Waals surface area contributed by atoms with Crippen molar-refractivity contribution < 1.29 is 4.39 Å². The van der Waals surface area contributed by atoms with Gasteiger partial charge in [0.25, 0.3) is 0 Å². The van der Waals surface area contributed by atoms with Crippen LogP contribution in [0.5, 0.6) is 0 Å². The van der Waals surface area contributed by atoms with Crippen LogP contribution in [-0.4, -0.2) is 0 Å². The largest absolute Gasteiger partial charge is 0.397 e. The third-order valence-corrected chi connectivity index (χ3v) is 1.66. The number of rotatable bonds is 3. The van der Waals surface area contributed by atoms with Crippen LogP contribution >= 0.6 is 0 Å². The van der Waals surface area contributed by atoms with Crippen LogP contribution < -0.4 is 10.6 Å². The SMILES string of the molecule is C=CN(C=C)c1ccc(F)cc1N. The first kappa shape index (κ1) is 9.32. The van der Waals surface area contributed by atoms with Crippen molar-refractivity contribution in [2.75, 3.05) is 10.6 Å². The first-order valence-corrected chi connectivity index (χ1v) is 3.77. The van der Waals surface area contributed by atoms with Crippen LogP contribution in [0.4, 0.5) is 15.8 Å². The minimum atomic E-state index is -0.352. The van der Waals surface area contributed by atoms with E-state index in [9.17, 15) is 4.39 Å². The number of nitrogen functional groups attached to an aromatic ring is 1. The third-order valence-electron chi connectivity index (χ3n) is 1.66. The van der Waals surface area contributed by atoms with Gasteiger partial charge in [-0.1, -0.05) is 13.2 Å². The van der Waals surface area contributed by atoms with Gasteiger partial charge in [-0.05, 0) is 18.2 Å². The van der Waals surface area contributed by atoms with E-state index in [4.69, 9.17) is 5.73 Å². The molecule has 0 aromatic heterocycles. The normalized spacial score (nSPS) is 9.31. The summed E-state index contributed by atoms with van der Waals surface area (Å²) >= 11 is 0. The second-order valence-corrected chi connectivity index (χ2v) is 2.48. The molecule has 2 nitrogen and oxygen atoms in total. The molecule has 0 amide bonds. The molecule has 2 N–H and O–H groups in total. The van der Waals surface area contributed by atoms with Crippen LogP contribution in [0, 0.1) is 5.82 Å². The molecule has 0 heterocycles. The van der Waals surface area contributed by atoms with Gasteiger partial charge in [-0.3, -0.25) is 0 Å². The molecular formula is C10H11FN2. The van der Waals surface area contributed by atoms with Crippen LogP contribution in [0.2, 0.25) is 0 Å². The van der Waals surface area contributed by atoms with Gasteiger partial charge in [0.1, 0.15) is 5.82 Å². The Hall–Kier alpha value is -1.77. The highest BCUT2D eigenvalue weighted by molar-refractivity contribution is 5.69. The molecule has 3 heteroatoms. The standard InChI is InChI=1S/C10H11FN2/c1-3-13(4-2)10-6-5-8(11)7-9(10)12/h3-7H,1-2,12H2. The second kappa shape index (κ2) is 3.76. The van der Waals surface area contributed by atoms with Crippen molar-refractivity contribution in [2.24, 2.45) is 0 Å². The molecule has 0 aliphatic rings. The summed E-state index contributed by atoms with van der Waals surface area (Å²) in [5, 5.41) is 0. The fourth-order valence-electron chi connectivity index (χ4n) is 1.03. The molecule has 0 atom stereocenters. The van der Waals surface area contributed by atoms with Crippen molar-refractivity contribution in [1.29, 1.82) is 0 Å². The molecule has 0 spiro atoms. The third kappa shape index (κ3) is 1.87. The van der Waals surface area contributed by atoms with Gasteiger partial charge in [0, 0.05) is 12.4 Å². The predicted molar refractivity (Wildman–Crippen MR) is 53.7 cm³/mol. The molecule has 0 radical (unpaired) electrons. The summed E-state index contributed by atoms with van der Waals surface area (Å²) in [7, 11) is 0. The van der Waals surface area contributed by atoms with Crippen molar-refractivity contribution in [3.63, 3.8) is 0 Å². The molecule has 0 bridgehead atoms. The van der Waals surface area contributed by atoms with E-state index in [0.29, 0.717) is 11.4 Å². The lowest BCUT2D eigenvalue weighted by Gasteiger charge is -2.16. The van der Waals surface area contributed by atoms with E-state index in [1.54, 1.807) is 23.4 Å². The summed E-state index contributed by atoms with van der Waals surface area (Å²) in [4.78, 5) is 1.62. The topological polar surface area (TPSA) is 29.3 Å². The maximum Gasteiger partial charge on any atom is 0.125 e. The van der Waals surface area contributed by atoms with E-state index in [-0.39, 0.29) is 5.82 Å². The minimum Gasteiger partial charge on any atom is -0.397 e. The number of anilines is 2. The van der Waals surface area contributed by atoms with E-state index in [1.807, 2.05) is 0 Å². The first-order valence-electron chi connectivity index (χ1n) is 3.77. The number of benzene rings is 1. The Bertz CT molecular complexity index is 326. The Morgan fingerprint density at radius 2 is 1.92 bits per heavy atom. The molecule has 0 fully saturated rings. The fourth-order valence-corrected chi connectivity index (χ4v) is 1.03. The van der Waals surface area contributed by atoms with Crippen molar-refractivity contribution >= 4 is 11.4 Å². The maximum atomic E-state index is 12.7. The number of nitrogens with two attached hydrogens (primary N) is 1. The lowest BCUT2D eigenvalue weighted by atomic mass is 10.2. The molecule has 0 saturated heterocycles. The van der Waals surface area contributed by atoms with Crippen molar-refractivity contribution in [1.82, 2.24) is 0 Å². The number of hydrogen-bond acceptors (Lipinski definition) is 2. The molecule has 0 unspecified atom stereocenters. The highest BCUT2D eigenvalue weighted by Gasteiger charge is 2.03. The molecule has 1 aromatic carbocycles. The number of hydrogen-bond donors (Lipinski definition) is 1. The summed E-state index contributed by atoms with van der Waals surface area (Å²) in [6.07, 6.45) is 3.10. The van der Waals surface area contributed by atoms with E-state index >= 15 is 0 Å². The van der Waals surface area contributed by atoms with Crippen LogP contribution in [0.3, 0.4) is 0 Å². The van der Waals surface area contributed by atoms with Gasteiger partial charge < -0.3 is 10.6 Å². The lowest BCUT2D eigenvalue weighted by molar-refractivity contribution is 0.628.